The molecule has 2 aromatic rings. The fourth-order valence-corrected chi connectivity index (χ4v) is 1.98. The van der Waals surface area contributed by atoms with Crippen LogP contribution in [-0.4, -0.2) is 11.1 Å². The van der Waals surface area contributed by atoms with Gasteiger partial charge in [0.1, 0.15) is 11.5 Å². The quantitative estimate of drug-likeness (QED) is 0.905. The monoisotopic (exact) mass is 288 g/mol. The van der Waals surface area contributed by atoms with Crippen molar-refractivity contribution in [1.82, 2.24) is 0 Å². The Kier molecular flexibility index (Phi) is 4.07. The molecular weight excluding hydrogens is 268 g/mol. The smallest absolute Gasteiger partial charge is 0.371 e. The summed E-state index contributed by atoms with van der Waals surface area (Å²) in [5.41, 5.74) is 1.33. The molecule has 0 aliphatic heterocycles. The highest BCUT2D eigenvalue weighted by Gasteiger charge is 2.16. The number of ether oxygens (including phenoxy) is 1. The van der Waals surface area contributed by atoms with Gasteiger partial charge in [0.2, 0.25) is 5.76 Å². The molecule has 2 rings (SSSR count). The summed E-state index contributed by atoms with van der Waals surface area (Å²) in [5, 5.41) is 8.84. The Balaban J connectivity index is 2.08. The second-order valence-electron chi connectivity index (χ2n) is 6.04. The highest BCUT2D eigenvalue weighted by atomic mass is 16.5. The third-order valence-corrected chi connectivity index (χ3v) is 3.27. The molecule has 0 saturated carbocycles. The Hall–Kier alpha value is -2.23. The minimum absolute atomic E-state index is 0.0801. The van der Waals surface area contributed by atoms with Crippen LogP contribution in [0.25, 0.3) is 0 Å². The van der Waals surface area contributed by atoms with E-state index in [0.29, 0.717) is 5.76 Å². The Morgan fingerprint density at radius 2 is 1.76 bits per heavy atom. The molecule has 1 heterocycles. The molecule has 0 spiro atoms. The van der Waals surface area contributed by atoms with E-state index in [-0.39, 0.29) is 17.3 Å². The lowest BCUT2D eigenvalue weighted by molar-refractivity contribution is 0.0655. The first-order valence-corrected chi connectivity index (χ1v) is 6.87. The molecule has 0 bridgehead atoms. The number of carboxylic acids is 1. The van der Waals surface area contributed by atoms with Gasteiger partial charge in [-0.1, -0.05) is 32.9 Å². The number of aromatic carboxylic acids is 1. The number of hydrogen-bond acceptors (Lipinski definition) is 3. The highest BCUT2D eigenvalue weighted by Crippen LogP contribution is 2.27. The molecule has 1 unspecified atom stereocenters. The van der Waals surface area contributed by atoms with Crippen molar-refractivity contribution in [1.29, 1.82) is 0 Å². The van der Waals surface area contributed by atoms with Gasteiger partial charge in [0, 0.05) is 0 Å². The van der Waals surface area contributed by atoms with E-state index in [0.717, 1.165) is 5.75 Å². The molecule has 4 heteroatoms. The van der Waals surface area contributed by atoms with Crippen LogP contribution in [0.2, 0.25) is 0 Å². The SMILES string of the molecule is CC(Oc1ccc(C(C)(C)C)cc1)c1ccc(C(=O)O)o1. The average molecular weight is 288 g/mol. The molecule has 21 heavy (non-hydrogen) atoms. The topological polar surface area (TPSA) is 59.7 Å². The lowest BCUT2D eigenvalue weighted by Gasteiger charge is -2.19. The molecule has 1 aromatic heterocycles. The molecule has 0 fully saturated rings. The first kappa shape index (κ1) is 15.2. The van der Waals surface area contributed by atoms with E-state index in [4.69, 9.17) is 14.3 Å². The maximum Gasteiger partial charge on any atom is 0.371 e. The number of rotatable bonds is 4. The molecule has 0 aliphatic rings. The summed E-state index contributed by atoms with van der Waals surface area (Å²) in [6.07, 6.45) is -0.349. The van der Waals surface area contributed by atoms with Crippen molar-refractivity contribution in [2.45, 2.75) is 39.2 Å². The van der Waals surface area contributed by atoms with Crippen molar-refractivity contribution in [2.75, 3.05) is 0 Å². The van der Waals surface area contributed by atoms with Gasteiger partial charge >= 0.3 is 5.97 Å². The standard InChI is InChI=1S/C17H20O4/c1-11(14-9-10-15(21-14)16(18)19)20-13-7-5-12(6-8-13)17(2,3)4/h5-11H,1-4H3,(H,18,19). The minimum Gasteiger partial charge on any atom is -0.483 e. The van der Waals surface area contributed by atoms with Gasteiger partial charge < -0.3 is 14.3 Å². The van der Waals surface area contributed by atoms with Gasteiger partial charge in [-0.3, -0.25) is 0 Å². The summed E-state index contributed by atoms with van der Waals surface area (Å²) in [6.45, 7) is 8.29. The highest BCUT2D eigenvalue weighted by molar-refractivity contribution is 5.84. The van der Waals surface area contributed by atoms with Crippen LogP contribution in [0.1, 0.15) is 55.7 Å². The maximum absolute atomic E-state index is 10.8. The van der Waals surface area contributed by atoms with Crippen molar-refractivity contribution >= 4 is 5.97 Å². The van der Waals surface area contributed by atoms with Crippen molar-refractivity contribution < 1.29 is 19.1 Å². The van der Waals surface area contributed by atoms with Crippen LogP contribution in [-0.2, 0) is 5.41 Å². The van der Waals surface area contributed by atoms with Gasteiger partial charge in [-0.05, 0) is 42.2 Å². The molecule has 4 nitrogen and oxygen atoms in total. The van der Waals surface area contributed by atoms with Crippen LogP contribution < -0.4 is 4.74 Å². The summed E-state index contributed by atoms with van der Waals surface area (Å²) < 4.78 is 11.0. The number of hydrogen-bond donors (Lipinski definition) is 1. The lowest BCUT2D eigenvalue weighted by Crippen LogP contribution is -2.10. The average Bonchev–Trinajstić information content (AvgIpc) is 2.88. The Morgan fingerprint density at radius 1 is 1.14 bits per heavy atom. The van der Waals surface area contributed by atoms with E-state index in [2.05, 4.69) is 20.8 Å². The Bertz CT molecular complexity index is 617. The molecule has 112 valence electrons. The van der Waals surface area contributed by atoms with Crippen LogP contribution in [0.15, 0.2) is 40.8 Å². The van der Waals surface area contributed by atoms with Gasteiger partial charge in [-0.2, -0.15) is 0 Å². The van der Waals surface area contributed by atoms with E-state index < -0.39 is 5.97 Å². The van der Waals surface area contributed by atoms with Crippen molar-refractivity contribution in [3.05, 3.63) is 53.5 Å². The van der Waals surface area contributed by atoms with Gasteiger partial charge in [-0.25, -0.2) is 4.79 Å². The summed E-state index contributed by atoms with van der Waals surface area (Å²) in [4.78, 5) is 10.8. The fraction of sp³-hybridized carbons (Fsp3) is 0.353. The number of benzene rings is 1. The Labute approximate surface area is 124 Å². The number of furan rings is 1. The van der Waals surface area contributed by atoms with Crippen LogP contribution in [0.5, 0.6) is 5.75 Å². The van der Waals surface area contributed by atoms with E-state index >= 15 is 0 Å². The van der Waals surface area contributed by atoms with Gasteiger partial charge in [-0.15, -0.1) is 0 Å². The van der Waals surface area contributed by atoms with E-state index in [9.17, 15) is 4.79 Å². The molecule has 0 radical (unpaired) electrons. The third-order valence-electron chi connectivity index (χ3n) is 3.27. The van der Waals surface area contributed by atoms with E-state index in [1.54, 1.807) is 6.07 Å². The van der Waals surface area contributed by atoms with Gasteiger partial charge in [0.15, 0.2) is 6.10 Å². The van der Waals surface area contributed by atoms with Gasteiger partial charge in [0.25, 0.3) is 0 Å². The van der Waals surface area contributed by atoms with Crippen LogP contribution in [0, 0.1) is 0 Å². The van der Waals surface area contributed by atoms with Gasteiger partial charge in [0.05, 0.1) is 0 Å². The number of carbonyl (C=O) groups is 1. The zero-order chi connectivity index (χ0) is 15.6. The first-order chi connectivity index (χ1) is 9.77. The molecule has 1 atom stereocenters. The number of carboxylic acid groups (broad SMARTS) is 1. The molecule has 1 aromatic carbocycles. The molecule has 0 aliphatic carbocycles. The van der Waals surface area contributed by atoms with Crippen molar-refractivity contribution in [2.24, 2.45) is 0 Å². The third kappa shape index (κ3) is 3.66. The molecular formula is C17H20O4. The summed E-state index contributed by atoms with van der Waals surface area (Å²) >= 11 is 0. The van der Waals surface area contributed by atoms with E-state index in [1.807, 2.05) is 31.2 Å². The van der Waals surface area contributed by atoms with Crippen LogP contribution in [0.3, 0.4) is 0 Å². The minimum atomic E-state index is -1.08. The zero-order valence-electron chi connectivity index (χ0n) is 12.7. The normalized spacial score (nSPS) is 13.0. The summed E-state index contributed by atoms with van der Waals surface area (Å²) in [6, 6.07) is 11.0. The van der Waals surface area contributed by atoms with Crippen molar-refractivity contribution in [3.8, 4) is 5.75 Å². The van der Waals surface area contributed by atoms with E-state index in [1.165, 1.54) is 11.6 Å². The Morgan fingerprint density at radius 3 is 2.24 bits per heavy atom. The van der Waals surface area contributed by atoms with Crippen LogP contribution in [0.4, 0.5) is 0 Å². The summed E-state index contributed by atoms with van der Waals surface area (Å²) in [7, 11) is 0. The fourth-order valence-electron chi connectivity index (χ4n) is 1.98. The molecule has 1 N–H and O–H groups in total. The predicted molar refractivity (Wildman–Crippen MR) is 79.9 cm³/mol. The maximum atomic E-state index is 10.8. The first-order valence-electron chi connectivity index (χ1n) is 6.87. The van der Waals surface area contributed by atoms with Crippen LogP contribution >= 0.6 is 0 Å². The zero-order valence-corrected chi connectivity index (χ0v) is 12.7. The molecule has 0 saturated heterocycles. The molecule has 0 amide bonds. The second kappa shape index (κ2) is 5.64. The largest absolute Gasteiger partial charge is 0.483 e. The van der Waals surface area contributed by atoms with Crippen molar-refractivity contribution in [3.63, 3.8) is 0 Å². The summed E-state index contributed by atoms with van der Waals surface area (Å²) in [5.74, 6) is 0.0579. The predicted octanol–water partition coefficient (Wildman–Crippen LogP) is 4.42. The second-order valence-corrected chi connectivity index (χ2v) is 6.04. The lowest BCUT2D eigenvalue weighted by atomic mass is 9.87.